The third-order valence-corrected chi connectivity index (χ3v) is 6.08. The van der Waals surface area contributed by atoms with Crippen molar-refractivity contribution < 1.29 is 14.0 Å². The van der Waals surface area contributed by atoms with E-state index >= 15 is 0 Å². The first-order chi connectivity index (χ1) is 15.9. The molecule has 0 aliphatic carbocycles. The van der Waals surface area contributed by atoms with Crippen LogP contribution in [-0.2, 0) is 0 Å². The number of Topliss-reactive ketones (excluding diaryl/α,β-unsaturated/α-hetero) is 1. The van der Waals surface area contributed by atoms with Crippen molar-refractivity contribution in [2.45, 2.75) is 12.1 Å². The predicted octanol–water partition coefficient (Wildman–Crippen LogP) is 7.18. The van der Waals surface area contributed by atoms with E-state index in [9.17, 15) is 9.59 Å². The zero-order valence-electron chi connectivity index (χ0n) is 17.5. The van der Waals surface area contributed by atoms with Gasteiger partial charge in [-0.25, -0.2) is 0 Å². The van der Waals surface area contributed by atoms with E-state index in [0.29, 0.717) is 32.5 Å². The normalized spacial score (nSPS) is 10.8. The number of benzene rings is 3. The van der Waals surface area contributed by atoms with Gasteiger partial charge in [0.1, 0.15) is 0 Å². The number of carbonyl (C=O) groups excluding carboxylic acids is 2. The van der Waals surface area contributed by atoms with Crippen molar-refractivity contribution in [3.8, 4) is 11.3 Å². The number of aromatic nitrogens is 1. The van der Waals surface area contributed by atoms with Gasteiger partial charge in [-0.3, -0.25) is 9.59 Å². The Morgan fingerprint density at radius 3 is 2.09 bits per heavy atom. The van der Waals surface area contributed by atoms with Gasteiger partial charge in [0.2, 0.25) is 0 Å². The van der Waals surface area contributed by atoms with Crippen LogP contribution in [0.1, 0.15) is 26.3 Å². The number of oxazole rings is 1. The van der Waals surface area contributed by atoms with Gasteiger partial charge in [-0.2, -0.15) is 4.98 Å². The molecule has 0 fully saturated rings. The lowest BCUT2D eigenvalue weighted by atomic mass is 10.1. The number of aryl methyl sites for hydroxylation is 1. The molecule has 0 aliphatic heterocycles. The highest BCUT2D eigenvalue weighted by Crippen LogP contribution is 2.34. The highest BCUT2D eigenvalue weighted by Gasteiger charge is 2.20. The van der Waals surface area contributed by atoms with Gasteiger partial charge in [0, 0.05) is 26.7 Å². The summed E-state index contributed by atoms with van der Waals surface area (Å²) in [7, 11) is 0. The minimum absolute atomic E-state index is 0.0897. The van der Waals surface area contributed by atoms with Crippen molar-refractivity contribution in [2.75, 3.05) is 11.1 Å². The molecule has 1 aromatic heterocycles. The number of thioether (sulfide) groups is 1. The van der Waals surface area contributed by atoms with Gasteiger partial charge in [0.15, 0.2) is 17.4 Å². The molecule has 4 aromatic rings. The van der Waals surface area contributed by atoms with Gasteiger partial charge in [0.25, 0.3) is 11.1 Å². The minimum Gasteiger partial charge on any atom is -0.429 e. The summed E-state index contributed by atoms with van der Waals surface area (Å²) >= 11 is 13.0. The quantitative estimate of drug-likeness (QED) is 0.216. The third kappa shape index (κ3) is 5.85. The summed E-state index contributed by atoms with van der Waals surface area (Å²) in [5.41, 5.74) is 2.79. The Bertz CT molecular complexity index is 1280. The fourth-order valence-corrected chi connectivity index (χ4v) is 3.95. The molecule has 0 saturated heterocycles. The largest absolute Gasteiger partial charge is 0.429 e. The second-order valence-electron chi connectivity index (χ2n) is 7.20. The molecule has 4 rings (SSSR count). The van der Waals surface area contributed by atoms with Gasteiger partial charge in [-0.15, -0.1) is 0 Å². The Kier molecular flexibility index (Phi) is 7.18. The van der Waals surface area contributed by atoms with Crippen LogP contribution >= 0.6 is 35.0 Å². The summed E-state index contributed by atoms with van der Waals surface area (Å²) in [5, 5.41) is 4.22. The van der Waals surface area contributed by atoms with Crippen molar-refractivity contribution in [1.82, 2.24) is 4.98 Å². The molecule has 0 bridgehead atoms. The SMILES string of the molecule is Cc1ccc(C(=O)Nc2nc(SCC(=O)c3ccc(Cl)cc3)oc2-c2ccc(Cl)cc2)cc1. The summed E-state index contributed by atoms with van der Waals surface area (Å²) in [5.74, 6) is 0.367. The Labute approximate surface area is 205 Å². The summed E-state index contributed by atoms with van der Waals surface area (Å²) in [6, 6.07) is 20.9. The lowest BCUT2D eigenvalue weighted by Gasteiger charge is -2.05. The molecule has 5 nitrogen and oxygen atoms in total. The molecule has 0 radical (unpaired) electrons. The summed E-state index contributed by atoms with van der Waals surface area (Å²) in [6.45, 7) is 1.95. The molecule has 33 heavy (non-hydrogen) atoms. The summed E-state index contributed by atoms with van der Waals surface area (Å²) in [4.78, 5) is 29.7. The fraction of sp³-hybridized carbons (Fsp3) is 0.0800. The van der Waals surface area contributed by atoms with E-state index in [0.717, 1.165) is 17.3 Å². The lowest BCUT2D eigenvalue weighted by Crippen LogP contribution is -2.12. The predicted molar refractivity (Wildman–Crippen MR) is 133 cm³/mol. The number of carbonyl (C=O) groups is 2. The number of nitrogens with one attached hydrogen (secondary N) is 1. The van der Waals surface area contributed by atoms with Crippen molar-refractivity contribution in [1.29, 1.82) is 0 Å². The molecular weight excluding hydrogens is 479 g/mol. The van der Waals surface area contributed by atoms with Crippen molar-refractivity contribution >= 4 is 52.5 Å². The molecule has 0 atom stereocenters. The smallest absolute Gasteiger partial charge is 0.258 e. The number of rotatable bonds is 7. The summed E-state index contributed by atoms with van der Waals surface area (Å²) in [6.07, 6.45) is 0. The van der Waals surface area contributed by atoms with Gasteiger partial charge >= 0.3 is 0 Å². The lowest BCUT2D eigenvalue weighted by molar-refractivity contribution is 0.101. The molecule has 0 aliphatic rings. The van der Waals surface area contributed by atoms with Crippen LogP contribution in [0.2, 0.25) is 10.0 Å². The molecule has 0 unspecified atom stereocenters. The van der Waals surface area contributed by atoms with E-state index in [1.807, 2.05) is 19.1 Å². The first kappa shape index (κ1) is 23.1. The Balaban J connectivity index is 1.57. The molecule has 1 N–H and O–H groups in total. The highest BCUT2D eigenvalue weighted by molar-refractivity contribution is 7.99. The van der Waals surface area contributed by atoms with E-state index in [-0.39, 0.29) is 28.5 Å². The first-order valence-corrected chi connectivity index (χ1v) is 11.7. The standard InChI is InChI=1S/C25H18Cl2N2O3S/c1-15-2-4-18(5-3-15)24(31)28-23-22(17-8-12-20(27)13-9-17)32-25(29-23)33-14-21(30)16-6-10-19(26)11-7-16/h2-13H,14H2,1H3,(H,28,31). The van der Waals surface area contributed by atoms with E-state index < -0.39 is 0 Å². The zero-order chi connectivity index (χ0) is 23.4. The van der Waals surface area contributed by atoms with E-state index in [1.54, 1.807) is 60.7 Å². The van der Waals surface area contributed by atoms with Crippen molar-refractivity contribution in [3.05, 3.63) is 99.5 Å². The van der Waals surface area contributed by atoms with Gasteiger partial charge in [-0.05, 0) is 67.6 Å². The molecule has 1 amide bonds. The molecule has 0 spiro atoms. The van der Waals surface area contributed by atoms with Gasteiger partial charge in [-0.1, -0.05) is 52.7 Å². The zero-order valence-corrected chi connectivity index (χ0v) is 19.8. The number of amides is 1. The van der Waals surface area contributed by atoms with Crippen LogP contribution in [0, 0.1) is 6.92 Å². The number of nitrogens with zero attached hydrogens (tertiary/aromatic N) is 1. The van der Waals surface area contributed by atoms with Crippen LogP contribution in [-0.4, -0.2) is 22.4 Å². The van der Waals surface area contributed by atoms with Crippen LogP contribution in [0.3, 0.4) is 0 Å². The van der Waals surface area contributed by atoms with Crippen molar-refractivity contribution in [2.24, 2.45) is 0 Å². The van der Waals surface area contributed by atoms with Gasteiger partial charge in [0.05, 0.1) is 5.75 Å². The average Bonchev–Trinajstić information content (AvgIpc) is 3.21. The fourth-order valence-electron chi connectivity index (χ4n) is 2.97. The van der Waals surface area contributed by atoms with Crippen LogP contribution in [0.4, 0.5) is 5.82 Å². The summed E-state index contributed by atoms with van der Waals surface area (Å²) < 4.78 is 5.92. The Hall–Kier alpha value is -3.06. The molecule has 0 saturated carbocycles. The topological polar surface area (TPSA) is 72.2 Å². The average molecular weight is 497 g/mol. The Morgan fingerprint density at radius 1 is 0.879 bits per heavy atom. The van der Waals surface area contributed by atoms with Crippen LogP contribution in [0.15, 0.2) is 82.4 Å². The molecular formula is C25H18Cl2N2O3S. The number of halogens is 2. The van der Waals surface area contributed by atoms with Crippen molar-refractivity contribution in [3.63, 3.8) is 0 Å². The minimum atomic E-state index is -0.313. The second kappa shape index (κ2) is 10.3. The van der Waals surface area contributed by atoms with E-state index in [4.69, 9.17) is 27.6 Å². The number of hydrogen-bond acceptors (Lipinski definition) is 5. The maximum atomic E-state index is 12.8. The molecule has 3 aromatic carbocycles. The second-order valence-corrected chi connectivity index (χ2v) is 9.00. The first-order valence-electron chi connectivity index (χ1n) is 9.95. The number of ketones is 1. The van der Waals surface area contributed by atoms with E-state index in [2.05, 4.69) is 10.3 Å². The van der Waals surface area contributed by atoms with Crippen LogP contribution < -0.4 is 5.32 Å². The number of anilines is 1. The highest BCUT2D eigenvalue weighted by atomic mass is 35.5. The maximum Gasteiger partial charge on any atom is 0.258 e. The maximum absolute atomic E-state index is 12.8. The monoisotopic (exact) mass is 496 g/mol. The molecule has 8 heteroatoms. The third-order valence-electron chi connectivity index (χ3n) is 4.75. The molecule has 1 heterocycles. The Morgan fingerprint density at radius 2 is 1.45 bits per heavy atom. The van der Waals surface area contributed by atoms with E-state index in [1.165, 1.54) is 0 Å². The van der Waals surface area contributed by atoms with Gasteiger partial charge < -0.3 is 9.73 Å². The van der Waals surface area contributed by atoms with Crippen LogP contribution in [0.5, 0.6) is 0 Å². The molecule has 166 valence electrons. The van der Waals surface area contributed by atoms with Crippen LogP contribution in [0.25, 0.3) is 11.3 Å². The number of hydrogen-bond donors (Lipinski definition) is 1.